The Bertz CT molecular complexity index is 683. The number of benzene rings is 1. The van der Waals surface area contributed by atoms with Crippen LogP contribution in [0.15, 0.2) is 18.2 Å². The maximum atomic E-state index is 13.4. The maximum absolute atomic E-state index is 13.4. The normalized spacial score (nSPS) is 15.5. The molecule has 0 N–H and O–H groups in total. The molecule has 1 aromatic heterocycles. The predicted octanol–water partition coefficient (Wildman–Crippen LogP) is 4.10. The molecule has 120 valence electrons. The molecule has 1 aliphatic rings. The van der Waals surface area contributed by atoms with Gasteiger partial charge in [0.2, 0.25) is 0 Å². The minimum atomic E-state index is -4.29. The smallest absolute Gasteiger partial charge is 0.343 e. The Morgan fingerprint density at radius 2 is 1.86 bits per heavy atom. The summed E-state index contributed by atoms with van der Waals surface area (Å²) >= 11 is 0. The van der Waals surface area contributed by atoms with Crippen molar-refractivity contribution in [3.8, 4) is 0 Å². The number of aromatic nitrogens is 1. The van der Waals surface area contributed by atoms with Crippen LogP contribution >= 0.6 is 0 Å². The van der Waals surface area contributed by atoms with Crippen LogP contribution in [-0.2, 0) is 25.6 Å². The predicted molar refractivity (Wildman–Crippen MR) is 82.1 cm³/mol. The molecule has 0 radical (unpaired) electrons. The average molecular weight is 310 g/mol. The summed E-state index contributed by atoms with van der Waals surface area (Å²) in [5.41, 5.74) is 2.29. The van der Waals surface area contributed by atoms with Gasteiger partial charge < -0.3 is 9.47 Å². The molecule has 0 spiro atoms. The zero-order valence-electron chi connectivity index (χ0n) is 13.0. The summed E-state index contributed by atoms with van der Waals surface area (Å²) in [6.07, 6.45) is -0.611. The van der Waals surface area contributed by atoms with Crippen LogP contribution in [0.4, 0.5) is 13.2 Å². The van der Waals surface area contributed by atoms with Gasteiger partial charge in [-0.05, 0) is 57.5 Å². The summed E-state index contributed by atoms with van der Waals surface area (Å²) in [4.78, 5) is 2.06. The Hall–Kier alpha value is -1.49. The van der Waals surface area contributed by atoms with E-state index in [2.05, 4.69) is 9.47 Å². The number of fused-ring (bicyclic) bond motifs is 3. The Kier molecular flexibility index (Phi) is 3.93. The molecule has 2 nitrogen and oxygen atoms in total. The van der Waals surface area contributed by atoms with Gasteiger partial charge in [0, 0.05) is 29.7 Å². The summed E-state index contributed by atoms with van der Waals surface area (Å²) in [6, 6.07) is 4.58. The number of hydrogen-bond acceptors (Lipinski definition) is 1. The molecule has 0 atom stereocenters. The lowest BCUT2D eigenvalue weighted by Crippen LogP contribution is -2.20. The van der Waals surface area contributed by atoms with Crippen molar-refractivity contribution in [3.63, 3.8) is 0 Å². The second kappa shape index (κ2) is 5.61. The molecule has 0 amide bonds. The summed E-state index contributed by atoms with van der Waals surface area (Å²) < 4.78 is 42.3. The number of alkyl halides is 3. The zero-order valence-corrected chi connectivity index (χ0v) is 13.0. The van der Waals surface area contributed by atoms with Crippen LogP contribution in [0.1, 0.15) is 29.7 Å². The van der Waals surface area contributed by atoms with Crippen LogP contribution in [0.2, 0.25) is 0 Å². The van der Waals surface area contributed by atoms with Crippen LogP contribution in [0.5, 0.6) is 0 Å². The van der Waals surface area contributed by atoms with Gasteiger partial charge in [-0.2, -0.15) is 13.2 Å². The SMILES string of the molecule is CN(C)CCn1c2c(c3c(C(F)(F)F)cccc31)CCCC2. The number of halogens is 3. The fraction of sp³-hybridized carbons (Fsp3) is 0.529. The van der Waals surface area contributed by atoms with Gasteiger partial charge >= 0.3 is 6.18 Å². The van der Waals surface area contributed by atoms with E-state index in [0.717, 1.165) is 55.5 Å². The van der Waals surface area contributed by atoms with Gasteiger partial charge in [0.15, 0.2) is 0 Å². The van der Waals surface area contributed by atoms with Crippen molar-refractivity contribution < 1.29 is 13.2 Å². The van der Waals surface area contributed by atoms with Gasteiger partial charge in [0.05, 0.1) is 5.56 Å². The van der Waals surface area contributed by atoms with Gasteiger partial charge in [-0.3, -0.25) is 0 Å². The van der Waals surface area contributed by atoms with Gasteiger partial charge in [-0.1, -0.05) is 6.07 Å². The molecule has 5 heteroatoms. The van der Waals surface area contributed by atoms with Crippen LogP contribution in [-0.4, -0.2) is 30.1 Å². The highest BCUT2D eigenvalue weighted by molar-refractivity contribution is 5.89. The van der Waals surface area contributed by atoms with E-state index in [9.17, 15) is 13.2 Å². The molecule has 0 fully saturated rings. The number of rotatable bonds is 3. The Labute approximate surface area is 128 Å². The summed E-state index contributed by atoms with van der Waals surface area (Å²) in [6.45, 7) is 1.56. The molecule has 1 aliphatic carbocycles. The van der Waals surface area contributed by atoms with Crippen molar-refractivity contribution in [2.75, 3.05) is 20.6 Å². The van der Waals surface area contributed by atoms with Crippen molar-refractivity contribution in [3.05, 3.63) is 35.0 Å². The molecule has 0 bridgehead atoms. The quantitative estimate of drug-likeness (QED) is 0.828. The molecule has 22 heavy (non-hydrogen) atoms. The van der Waals surface area contributed by atoms with E-state index in [0.29, 0.717) is 5.39 Å². The average Bonchev–Trinajstić information content (AvgIpc) is 2.78. The molecule has 0 saturated heterocycles. The molecule has 0 saturated carbocycles. The Morgan fingerprint density at radius 1 is 1.14 bits per heavy atom. The summed E-state index contributed by atoms with van der Waals surface area (Å²) in [7, 11) is 3.97. The molecular weight excluding hydrogens is 289 g/mol. The number of likely N-dealkylation sites (N-methyl/N-ethyl adjacent to an activating group) is 1. The molecule has 0 aliphatic heterocycles. The third-order valence-electron chi connectivity index (χ3n) is 4.48. The molecule has 2 aromatic rings. The lowest BCUT2D eigenvalue weighted by atomic mass is 9.93. The van der Waals surface area contributed by atoms with Crippen molar-refractivity contribution in [1.29, 1.82) is 0 Å². The Morgan fingerprint density at radius 3 is 2.55 bits per heavy atom. The van der Waals surface area contributed by atoms with E-state index in [1.807, 2.05) is 20.2 Å². The highest BCUT2D eigenvalue weighted by Crippen LogP contribution is 2.40. The minimum absolute atomic E-state index is 0.434. The summed E-state index contributed by atoms with van der Waals surface area (Å²) in [5.74, 6) is 0. The van der Waals surface area contributed by atoms with Crippen molar-refractivity contribution in [1.82, 2.24) is 9.47 Å². The van der Waals surface area contributed by atoms with E-state index in [4.69, 9.17) is 0 Å². The lowest BCUT2D eigenvalue weighted by Gasteiger charge is -2.17. The van der Waals surface area contributed by atoms with Crippen LogP contribution in [0.3, 0.4) is 0 Å². The minimum Gasteiger partial charge on any atom is -0.343 e. The second-order valence-corrected chi connectivity index (χ2v) is 6.28. The molecular formula is C17H21F3N2. The topological polar surface area (TPSA) is 8.17 Å². The fourth-order valence-corrected chi connectivity index (χ4v) is 3.48. The van der Waals surface area contributed by atoms with E-state index >= 15 is 0 Å². The third kappa shape index (κ3) is 2.62. The van der Waals surface area contributed by atoms with E-state index in [1.165, 1.54) is 12.1 Å². The van der Waals surface area contributed by atoms with Crippen LogP contribution < -0.4 is 0 Å². The highest BCUT2D eigenvalue weighted by Gasteiger charge is 2.35. The first-order valence-corrected chi connectivity index (χ1v) is 7.74. The molecule has 1 aromatic carbocycles. The van der Waals surface area contributed by atoms with Crippen molar-refractivity contribution in [2.45, 2.75) is 38.4 Å². The van der Waals surface area contributed by atoms with Gasteiger partial charge in [-0.25, -0.2) is 0 Å². The number of hydrogen-bond donors (Lipinski definition) is 0. The second-order valence-electron chi connectivity index (χ2n) is 6.28. The van der Waals surface area contributed by atoms with Crippen molar-refractivity contribution >= 4 is 10.9 Å². The molecule has 3 rings (SSSR count). The highest BCUT2D eigenvalue weighted by atomic mass is 19.4. The standard InChI is InChI=1S/C17H21F3N2/c1-21(2)10-11-22-14-8-4-3-6-12(14)16-13(17(18,19)20)7-5-9-15(16)22/h5,7,9H,3-4,6,8,10-11H2,1-2H3. The van der Waals surface area contributed by atoms with Gasteiger partial charge in [-0.15, -0.1) is 0 Å². The van der Waals surface area contributed by atoms with Crippen LogP contribution in [0.25, 0.3) is 10.9 Å². The first-order chi connectivity index (χ1) is 10.4. The first-order valence-electron chi connectivity index (χ1n) is 7.74. The maximum Gasteiger partial charge on any atom is 0.417 e. The van der Waals surface area contributed by atoms with E-state index < -0.39 is 11.7 Å². The molecule has 0 unspecified atom stereocenters. The monoisotopic (exact) mass is 310 g/mol. The van der Waals surface area contributed by atoms with Gasteiger partial charge in [0.1, 0.15) is 0 Å². The Balaban J connectivity index is 2.23. The van der Waals surface area contributed by atoms with E-state index in [1.54, 1.807) is 0 Å². The zero-order chi connectivity index (χ0) is 15.9. The number of nitrogens with zero attached hydrogens (tertiary/aromatic N) is 2. The third-order valence-corrected chi connectivity index (χ3v) is 4.48. The van der Waals surface area contributed by atoms with Gasteiger partial charge in [0.25, 0.3) is 0 Å². The number of aryl methyl sites for hydroxylation is 1. The first kappa shape index (κ1) is 15.4. The lowest BCUT2D eigenvalue weighted by molar-refractivity contribution is -0.136. The molecule has 1 heterocycles. The van der Waals surface area contributed by atoms with Crippen molar-refractivity contribution in [2.24, 2.45) is 0 Å². The fourth-order valence-electron chi connectivity index (χ4n) is 3.48. The van der Waals surface area contributed by atoms with E-state index in [-0.39, 0.29) is 0 Å². The largest absolute Gasteiger partial charge is 0.417 e. The summed E-state index contributed by atoms with van der Waals surface area (Å²) in [5, 5.41) is 0.434. The van der Waals surface area contributed by atoms with Crippen LogP contribution in [0, 0.1) is 0 Å².